The van der Waals surface area contributed by atoms with Crippen molar-refractivity contribution in [3.63, 3.8) is 0 Å². The average molecular weight is 779 g/mol. The lowest BCUT2D eigenvalue weighted by Crippen LogP contribution is -2.59. The molecule has 0 aliphatic carbocycles. The minimum Gasteiger partial charge on any atom is -0.480 e. The van der Waals surface area contributed by atoms with Crippen LogP contribution in [0.3, 0.4) is 0 Å². The smallest absolute Gasteiger partial charge is 0.326 e. The molecule has 4 fully saturated rings. The zero-order valence-electron chi connectivity index (χ0n) is 31.7. The van der Waals surface area contributed by atoms with Gasteiger partial charge in [0.25, 0.3) is 0 Å². The Kier molecular flexibility index (Phi) is 15.5. The van der Waals surface area contributed by atoms with E-state index in [-0.39, 0.29) is 37.8 Å². The number of amides is 7. The van der Waals surface area contributed by atoms with Crippen LogP contribution in [-0.4, -0.2) is 153 Å². The number of thioether (sulfide) groups is 1. The molecule has 0 radical (unpaired) electrons. The predicted molar refractivity (Wildman–Crippen MR) is 199 cm³/mol. The lowest BCUT2D eigenvalue weighted by Gasteiger charge is -2.35. The number of primary amides is 1. The molecule has 0 unspecified atom stereocenters. The molecule has 0 saturated carbocycles. The van der Waals surface area contributed by atoms with Crippen LogP contribution in [-0.2, 0) is 38.4 Å². The van der Waals surface area contributed by atoms with Crippen molar-refractivity contribution in [2.45, 2.75) is 133 Å². The number of carboxylic acid groups (broad SMARTS) is 1. The lowest BCUT2D eigenvalue weighted by atomic mass is 10.0. The Morgan fingerprint density at radius 3 is 1.72 bits per heavy atom. The van der Waals surface area contributed by atoms with E-state index in [1.54, 1.807) is 0 Å². The summed E-state index contributed by atoms with van der Waals surface area (Å²) in [7, 11) is 0. The Hall–Kier alpha value is -3.93. The first-order valence-electron chi connectivity index (χ1n) is 19.2. The van der Waals surface area contributed by atoms with Gasteiger partial charge in [-0.15, -0.1) is 0 Å². The summed E-state index contributed by atoms with van der Waals surface area (Å²) < 4.78 is 0. The summed E-state index contributed by atoms with van der Waals surface area (Å²) in [5, 5.41) is 15.2. The predicted octanol–water partition coefficient (Wildman–Crippen LogP) is -0.603. The molecule has 0 aromatic rings. The fraction of sp³-hybridized carbons (Fsp3) is 0.778. The van der Waals surface area contributed by atoms with E-state index in [9.17, 15) is 43.5 Å². The number of hydrogen-bond donors (Lipinski definition) is 5. The maximum atomic E-state index is 14.2. The highest BCUT2D eigenvalue weighted by Gasteiger charge is 2.47. The highest BCUT2D eigenvalue weighted by molar-refractivity contribution is 7.98. The Labute approximate surface area is 321 Å². The second-order valence-electron chi connectivity index (χ2n) is 15.2. The molecule has 18 heteroatoms. The van der Waals surface area contributed by atoms with E-state index in [0.717, 1.165) is 0 Å². The van der Waals surface area contributed by atoms with Gasteiger partial charge < -0.3 is 46.8 Å². The maximum absolute atomic E-state index is 14.2. The van der Waals surface area contributed by atoms with Crippen LogP contribution in [0.25, 0.3) is 0 Å². The number of carbonyl (C=O) groups is 8. The minimum absolute atomic E-state index is 0.0174. The van der Waals surface area contributed by atoms with Gasteiger partial charge in [0.05, 0.1) is 6.04 Å². The van der Waals surface area contributed by atoms with E-state index >= 15 is 0 Å². The van der Waals surface area contributed by atoms with Gasteiger partial charge in [-0.05, 0) is 88.6 Å². The van der Waals surface area contributed by atoms with Gasteiger partial charge in [0.15, 0.2) is 0 Å². The van der Waals surface area contributed by atoms with Crippen molar-refractivity contribution in [1.82, 2.24) is 30.2 Å². The number of rotatable bonds is 17. The van der Waals surface area contributed by atoms with Gasteiger partial charge in [0.1, 0.15) is 36.3 Å². The highest BCUT2D eigenvalue weighted by Crippen LogP contribution is 2.29. The van der Waals surface area contributed by atoms with Gasteiger partial charge in [0.2, 0.25) is 41.4 Å². The number of hydrogen-bond acceptors (Lipinski definition) is 10. The van der Waals surface area contributed by atoms with Crippen molar-refractivity contribution in [3.05, 3.63) is 0 Å². The topological polar surface area (TPSA) is 246 Å². The zero-order chi connectivity index (χ0) is 39.7. The molecule has 4 aliphatic heterocycles. The molecule has 4 heterocycles. The second kappa shape index (κ2) is 19.6. The van der Waals surface area contributed by atoms with Crippen LogP contribution < -0.4 is 22.1 Å². The Balaban J connectivity index is 1.45. The molecule has 4 rings (SSSR count). The number of aliphatic carboxylic acids is 1. The third-order valence-corrected chi connectivity index (χ3v) is 11.5. The molecule has 302 valence electrons. The molecule has 4 aliphatic rings. The number of carbonyl (C=O) groups excluding carboxylic acids is 7. The summed E-state index contributed by atoms with van der Waals surface area (Å²) >= 11 is 1.53. The summed E-state index contributed by atoms with van der Waals surface area (Å²) in [5.41, 5.74) is 11.4. The quantitative estimate of drug-likeness (QED) is 0.125. The lowest BCUT2D eigenvalue weighted by molar-refractivity contribution is -0.152. The van der Waals surface area contributed by atoms with Crippen LogP contribution in [0.5, 0.6) is 0 Å². The fourth-order valence-corrected chi connectivity index (χ4v) is 8.60. The Morgan fingerprint density at radius 1 is 0.704 bits per heavy atom. The van der Waals surface area contributed by atoms with Gasteiger partial charge in [-0.1, -0.05) is 13.8 Å². The first-order valence-corrected chi connectivity index (χ1v) is 20.6. The van der Waals surface area contributed by atoms with Crippen molar-refractivity contribution >= 4 is 59.1 Å². The third-order valence-electron chi connectivity index (χ3n) is 10.9. The van der Waals surface area contributed by atoms with Gasteiger partial charge in [0, 0.05) is 32.6 Å². The van der Waals surface area contributed by atoms with Crippen molar-refractivity contribution in [2.24, 2.45) is 17.4 Å². The summed E-state index contributed by atoms with van der Waals surface area (Å²) in [6.45, 7) is 4.93. The molecule has 54 heavy (non-hydrogen) atoms. The molecular weight excluding hydrogens is 721 g/mol. The molecule has 7 atom stereocenters. The van der Waals surface area contributed by atoms with E-state index in [2.05, 4.69) is 10.6 Å². The monoisotopic (exact) mass is 778 g/mol. The van der Waals surface area contributed by atoms with Gasteiger partial charge in [-0.3, -0.25) is 33.6 Å². The third kappa shape index (κ3) is 10.4. The second-order valence-corrected chi connectivity index (χ2v) is 16.2. The molecule has 0 bridgehead atoms. The molecule has 17 nitrogen and oxygen atoms in total. The summed E-state index contributed by atoms with van der Waals surface area (Å²) in [4.78, 5) is 112. The maximum Gasteiger partial charge on any atom is 0.326 e. The Bertz CT molecular complexity index is 1430. The number of carboxylic acids is 1. The highest BCUT2D eigenvalue weighted by atomic mass is 32.2. The van der Waals surface area contributed by atoms with Crippen molar-refractivity contribution < 1.29 is 43.5 Å². The Morgan fingerprint density at radius 2 is 1.19 bits per heavy atom. The first-order chi connectivity index (χ1) is 25.7. The van der Waals surface area contributed by atoms with E-state index < -0.39 is 83.7 Å². The van der Waals surface area contributed by atoms with Crippen LogP contribution in [0.4, 0.5) is 0 Å². The van der Waals surface area contributed by atoms with E-state index in [1.165, 1.54) is 31.4 Å². The average Bonchev–Trinajstić information content (AvgIpc) is 3.96. The van der Waals surface area contributed by atoms with E-state index in [4.69, 9.17) is 11.5 Å². The number of nitrogens with one attached hydrogen (secondary N) is 2. The van der Waals surface area contributed by atoms with Gasteiger partial charge in [-0.25, -0.2) is 4.79 Å². The molecule has 4 saturated heterocycles. The van der Waals surface area contributed by atoms with Gasteiger partial charge in [-0.2, -0.15) is 11.8 Å². The summed E-state index contributed by atoms with van der Waals surface area (Å²) in [6, 6.07) is -6.48. The fourth-order valence-electron chi connectivity index (χ4n) is 8.11. The van der Waals surface area contributed by atoms with E-state index in [1.807, 2.05) is 20.1 Å². The molecule has 7 N–H and O–H groups in total. The van der Waals surface area contributed by atoms with Crippen LogP contribution in [0.1, 0.15) is 90.9 Å². The summed E-state index contributed by atoms with van der Waals surface area (Å²) in [5.74, 6) is -3.84. The largest absolute Gasteiger partial charge is 0.480 e. The van der Waals surface area contributed by atoms with Crippen LogP contribution >= 0.6 is 11.8 Å². The SMILES string of the molecule is CSCC[C@H](N)C(=O)N[C@@H](CCC(N)=O)C(=O)N1CCC[C@H]1C(=O)N1CCC[C@H]1C(=O)N1CCC[C@H]1C(=O)N[C@@H](CC(C)C)C(=O)N1CCC[C@H]1C(=O)O. The molecule has 7 amide bonds. The zero-order valence-corrected chi connectivity index (χ0v) is 32.5. The normalized spacial score (nSPS) is 24.4. The summed E-state index contributed by atoms with van der Waals surface area (Å²) in [6.07, 6.45) is 5.96. The number of likely N-dealkylation sites (tertiary alicyclic amines) is 4. The minimum atomic E-state index is -1.12. The van der Waals surface area contributed by atoms with Crippen molar-refractivity contribution in [3.8, 4) is 0 Å². The standard InChI is InChI=1S/C36H58N8O9S/c1-21(2)20-24(33(49)44-18-7-11-28(44)36(52)53)40-31(47)25-8-4-15-41(25)34(50)27-10-6-17-43(27)35(51)26-9-5-16-42(26)32(48)23(12-13-29(38)45)39-30(46)22(37)14-19-54-3/h21-28H,4-20,37H2,1-3H3,(H2,38,45)(H,39,46)(H,40,47)(H,52,53)/t22-,23-,24-,25-,26-,27-,28-/m0/s1. The molecular formula is C36H58N8O9S. The number of nitrogens with two attached hydrogens (primary N) is 2. The van der Waals surface area contributed by atoms with Crippen LogP contribution in [0, 0.1) is 5.92 Å². The molecule has 0 aromatic heterocycles. The van der Waals surface area contributed by atoms with Crippen molar-refractivity contribution in [2.75, 3.05) is 38.2 Å². The van der Waals surface area contributed by atoms with Crippen molar-refractivity contribution in [1.29, 1.82) is 0 Å². The number of nitrogens with zero attached hydrogens (tertiary/aromatic N) is 4. The van der Waals surface area contributed by atoms with Crippen LogP contribution in [0.15, 0.2) is 0 Å². The molecule has 0 spiro atoms. The van der Waals surface area contributed by atoms with E-state index in [0.29, 0.717) is 83.1 Å². The first kappa shape index (κ1) is 42.8. The van der Waals surface area contributed by atoms with Crippen LogP contribution in [0.2, 0.25) is 0 Å². The van der Waals surface area contributed by atoms with Gasteiger partial charge >= 0.3 is 5.97 Å². The molecule has 0 aromatic carbocycles.